The first kappa shape index (κ1) is 13.6. The lowest BCUT2D eigenvalue weighted by Crippen LogP contribution is -2.47. The summed E-state index contributed by atoms with van der Waals surface area (Å²) in [7, 11) is -1.01. The summed E-state index contributed by atoms with van der Waals surface area (Å²) in [5.74, 6) is 0. The molecule has 5 N–H and O–H groups in total. The van der Waals surface area contributed by atoms with E-state index in [1.807, 2.05) is 0 Å². The topological polar surface area (TPSA) is 135 Å². The molecular formula is C6H11O7P. The van der Waals surface area contributed by atoms with Crippen LogP contribution in [0, 0.1) is 0 Å². The maximum Gasteiger partial charge on any atom is 0.253 e. The molecule has 0 saturated carbocycles. The van der Waals surface area contributed by atoms with Crippen LogP contribution in [0.2, 0.25) is 0 Å². The molecule has 0 amide bonds. The Morgan fingerprint density at radius 1 is 1.14 bits per heavy atom. The normalized spacial score (nSPS) is 20.1. The van der Waals surface area contributed by atoms with Gasteiger partial charge in [-0.25, -0.2) is 0 Å². The second-order valence-electron chi connectivity index (χ2n) is 2.61. The lowest BCUT2D eigenvalue weighted by molar-refractivity contribution is -0.139. The minimum Gasteiger partial charge on any atom is -0.394 e. The molecule has 7 nitrogen and oxygen atoms in total. The van der Waals surface area contributed by atoms with Gasteiger partial charge in [0.1, 0.15) is 18.3 Å². The fraction of sp³-hybridized carbons (Fsp3) is 0.833. The van der Waals surface area contributed by atoms with E-state index < -0.39 is 45.0 Å². The van der Waals surface area contributed by atoms with Crippen LogP contribution in [-0.4, -0.2) is 62.1 Å². The fourth-order valence-corrected chi connectivity index (χ4v) is 0.983. The predicted molar refractivity (Wildman–Crippen MR) is 43.7 cm³/mol. The maximum atomic E-state index is 10.6. The van der Waals surface area contributed by atoms with E-state index >= 15 is 0 Å². The minimum atomic E-state index is -2.06. The maximum absolute atomic E-state index is 10.6. The molecule has 0 aromatic carbocycles. The van der Waals surface area contributed by atoms with Crippen molar-refractivity contribution >= 4 is 14.0 Å². The lowest BCUT2D eigenvalue weighted by Gasteiger charge is -2.23. The summed E-state index contributed by atoms with van der Waals surface area (Å²) in [6.07, 6.45) is -7.63. The van der Waals surface area contributed by atoms with Crippen LogP contribution >= 0.6 is 8.46 Å². The smallest absolute Gasteiger partial charge is 0.253 e. The largest absolute Gasteiger partial charge is 0.394 e. The monoisotopic (exact) mass is 226 g/mol. The highest BCUT2D eigenvalue weighted by Crippen LogP contribution is 2.10. The van der Waals surface area contributed by atoms with Crippen molar-refractivity contribution in [2.24, 2.45) is 0 Å². The first-order valence-electron chi connectivity index (χ1n) is 3.66. The summed E-state index contributed by atoms with van der Waals surface area (Å²) in [4.78, 5) is 10.6. The van der Waals surface area contributed by atoms with E-state index in [1.165, 1.54) is 0 Å². The van der Waals surface area contributed by atoms with Crippen molar-refractivity contribution in [2.45, 2.75) is 24.4 Å². The van der Waals surface area contributed by atoms with Crippen LogP contribution in [0.3, 0.4) is 0 Å². The number of aliphatic hydroxyl groups excluding tert-OH is 5. The van der Waals surface area contributed by atoms with Crippen molar-refractivity contribution in [3.05, 3.63) is 0 Å². The first-order valence-corrected chi connectivity index (χ1v) is 4.47. The highest BCUT2D eigenvalue weighted by molar-refractivity contribution is 7.46. The highest BCUT2D eigenvalue weighted by atomic mass is 31.1. The molecule has 82 valence electrons. The van der Waals surface area contributed by atoms with Gasteiger partial charge in [-0.3, -0.25) is 9.36 Å². The predicted octanol–water partition coefficient (Wildman–Crippen LogP) is -2.76. The molecule has 0 unspecified atom stereocenters. The second kappa shape index (κ2) is 6.13. The summed E-state index contributed by atoms with van der Waals surface area (Å²) in [6, 6.07) is 0. The molecule has 14 heavy (non-hydrogen) atoms. The SMILES string of the molecule is O=PC(=O)[C@H](O)[C@@H](O)[C@H](O)[C@H](O)CO. The highest BCUT2D eigenvalue weighted by Gasteiger charge is 2.34. The number of hydrogen-bond acceptors (Lipinski definition) is 7. The van der Waals surface area contributed by atoms with Crippen molar-refractivity contribution in [3.8, 4) is 0 Å². The molecule has 0 aromatic heterocycles. The molecule has 0 bridgehead atoms. The van der Waals surface area contributed by atoms with Crippen LogP contribution in [0.25, 0.3) is 0 Å². The minimum absolute atomic E-state index is 0.839. The Labute approximate surface area is 80.8 Å². The average molecular weight is 226 g/mol. The second-order valence-corrected chi connectivity index (χ2v) is 3.23. The van der Waals surface area contributed by atoms with E-state index in [2.05, 4.69) is 0 Å². The van der Waals surface area contributed by atoms with Crippen molar-refractivity contribution in [1.29, 1.82) is 0 Å². The molecule has 0 spiro atoms. The van der Waals surface area contributed by atoms with E-state index in [9.17, 15) is 9.36 Å². The van der Waals surface area contributed by atoms with Crippen LogP contribution < -0.4 is 0 Å². The van der Waals surface area contributed by atoms with Crippen LogP contribution in [0.1, 0.15) is 0 Å². The molecule has 0 heterocycles. The Bertz CT molecular complexity index is 208. The van der Waals surface area contributed by atoms with Gasteiger partial charge >= 0.3 is 0 Å². The number of carbonyl (C=O) groups is 1. The zero-order valence-electron chi connectivity index (χ0n) is 7.02. The molecule has 0 aliphatic carbocycles. The Morgan fingerprint density at radius 2 is 1.64 bits per heavy atom. The zero-order chi connectivity index (χ0) is 11.3. The van der Waals surface area contributed by atoms with Gasteiger partial charge in [0.25, 0.3) is 5.52 Å². The van der Waals surface area contributed by atoms with E-state index in [0.717, 1.165) is 0 Å². The van der Waals surface area contributed by atoms with Crippen molar-refractivity contribution in [2.75, 3.05) is 6.61 Å². The number of hydrogen-bond donors (Lipinski definition) is 5. The van der Waals surface area contributed by atoms with Crippen LogP contribution in [0.5, 0.6) is 0 Å². The third-order valence-electron chi connectivity index (χ3n) is 1.60. The van der Waals surface area contributed by atoms with E-state index in [0.29, 0.717) is 0 Å². The molecule has 0 aliphatic heterocycles. The zero-order valence-corrected chi connectivity index (χ0v) is 7.91. The molecular weight excluding hydrogens is 215 g/mol. The van der Waals surface area contributed by atoms with E-state index in [4.69, 9.17) is 25.5 Å². The summed E-state index contributed by atoms with van der Waals surface area (Å²) >= 11 is 0. The number of carbonyl (C=O) groups excluding carboxylic acids is 1. The number of rotatable bonds is 6. The van der Waals surface area contributed by atoms with Crippen LogP contribution in [0.15, 0.2) is 0 Å². The molecule has 0 saturated heterocycles. The quantitative estimate of drug-likeness (QED) is 0.309. The van der Waals surface area contributed by atoms with Crippen LogP contribution in [-0.2, 0) is 9.36 Å². The van der Waals surface area contributed by atoms with Crippen molar-refractivity contribution < 1.29 is 34.9 Å². The van der Waals surface area contributed by atoms with Crippen LogP contribution in [0.4, 0.5) is 0 Å². The molecule has 0 aliphatic rings. The van der Waals surface area contributed by atoms with E-state index in [-0.39, 0.29) is 0 Å². The van der Waals surface area contributed by atoms with Gasteiger partial charge < -0.3 is 25.5 Å². The fourth-order valence-electron chi connectivity index (χ4n) is 0.722. The summed E-state index contributed by atoms with van der Waals surface area (Å²) < 4.78 is 10.00. The van der Waals surface area contributed by atoms with Crippen molar-refractivity contribution in [1.82, 2.24) is 0 Å². The van der Waals surface area contributed by atoms with Gasteiger partial charge in [0.2, 0.25) is 8.46 Å². The number of aliphatic hydroxyl groups is 5. The van der Waals surface area contributed by atoms with Gasteiger partial charge in [-0.15, -0.1) is 0 Å². The lowest BCUT2D eigenvalue weighted by atomic mass is 10.0. The Kier molecular flexibility index (Phi) is 5.94. The Balaban J connectivity index is 4.37. The molecule has 0 radical (unpaired) electrons. The summed E-state index contributed by atoms with van der Waals surface area (Å²) in [5, 5.41) is 44.2. The Hall–Kier alpha value is -0.430. The Morgan fingerprint density at radius 3 is 2.00 bits per heavy atom. The van der Waals surface area contributed by atoms with Gasteiger partial charge in [0, 0.05) is 0 Å². The van der Waals surface area contributed by atoms with Gasteiger partial charge in [-0.05, 0) is 0 Å². The van der Waals surface area contributed by atoms with Gasteiger partial charge in [0.05, 0.1) is 6.61 Å². The average Bonchev–Trinajstić information content (AvgIpc) is 2.23. The standard InChI is InChI=1S/C6H11O7P/c7-1-2(8)3(9)4(10)5(11)6(12)14-13/h2-5,7-11H,1H2/t2-,3-,4+,5-/m1/s1. The van der Waals surface area contributed by atoms with Gasteiger partial charge in [-0.2, -0.15) is 0 Å². The van der Waals surface area contributed by atoms with E-state index in [1.54, 1.807) is 0 Å². The summed E-state index contributed by atoms with van der Waals surface area (Å²) in [6.45, 7) is -0.839. The molecule has 0 aromatic rings. The van der Waals surface area contributed by atoms with Gasteiger partial charge in [-0.1, -0.05) is 0 Å². The molecule has 4 atom stereocenters. The third-order valence-corrected chi connectivity index (χ3v) is 2.04. The first-order chi connectivity index (χ1) is 6.45. The molecule has 8 heteroatoms. The third kappa shape index (κ3) is 3.38. The molecule has 0 fully saturated rings. The molecule has 0 rings (SSSR count). The van der Waals surface area contributed by atoms with Gasteiger partial charge in [0.15, 0.2) is 6.10 Å². The summed E-state index contributed by atoms with van der Waals surface area (Å²) in [5.41, 5.74) is -1.22. The van der Waals surface area contributed by atoms with Crippen molar-refractivity contribution in [3.63, 3.8) is 0 Å².